The molecule has 0 heterocycles. The lowest BCUT2D eigenvalue weighted by Crippen LogP contribution is -2.33. The number of rotatable bonds is 22. The van der Waals surface area contributed by atoms with Gasteiger partial charge in [-0.3, -0.25) is 0 Å². The van der Waals surface area contributed by atoms with Crippen molar-refractivity contribution in [2.75, 3.05) is 26.8 Å². The van der Waals surface area contributed by atoms with Crippen molar-refractivity contribution in [1.82, 2.24) is 0 Å². The summed E-state index contributed by atoms with van der Waals surface area (Å²) in [5, 5.41) is 0. The fraction of sp³-hybridized carbons (Fsp3) is 0.704. The van der Waals surface area contributed by atoms with Crippen molar-refractivity contribution in [3.63, 3.8) is 0 Å². The van der Waals surface area contributed by atoms with Crippen molar-refractivity contribution in [2.45, 2.75) is 91.9 Å². The number of hydrogen-bond acceptors (Lipinski definition) is 4. The van der Waals surface area contributed by atoms with Gasteiger partial charge in [-0.2, -0.15) is 0 Å². The molecule has 0 atom stereocenters. The van der Waals surface area contributed by atoms with Gasteiger partial charge in [0.1, 0.15) is 0 Å². The highest BCUT2D eigenvalue weighted by Gasteiger charge is 2.30. The maximum atomic E-state index is 5.93. The minimum Gasteiger partial charge on any atom is -0.473 e. The van der Waals surface area contributed by atoms with Crippen LogP contribution in [-0.2, 0) is 18.9 Å². The zero-order valence-corrected chi connectivity index (χ0v) is 20.9. The standard InChI is InChI=1S/C27H48O4/c1-23(2)15-11-9-13-17-27(19-28-21-30-25(5)6,20-29-22-31-26(7)8)18-14-10-12-16-24(3)4/h1,3,5,7,9-22H2,2,4,6,8H3. The lowest BCUT2D eigenvalue weighted by molar-refractivity contribution is -0.110. The van der Waals surface area contributed by atoms with Crippen molar-refractivity contribution in [3.05, 3.63) is 49.0 Å². The molecule has 0 aliphatic rings. The van der Waals surface area contributed by atoms with Gasteiger partial charge in [0, 0.05) is 5.41 Å². The van der Waals surface area contributed by atoms with Gasteiger partial charge in [-0.1, -0.05) is 50.0 Å². The Bertz CT molecular complexity index is 487. The summed E-state index contributed by atoms with van der Waals surface area (Å²) in [6.07, 6.45) is 11.4. The van der Waals surface area contributed by atoms with E-state index in [0.29, 0.717) is 24.7 Å². The Balaban J connectivity index is 4.92. The molecule has 4 nitrogen and oxygen atoms in total. The molecule has 0 aliphatic heterocycles. The van der Waals surface area contributed by atoms with Gasteiger partial charge in [0.05, 0.1) is 24.7 Å². The average Bonchev–Trinajstić information content (AvgIpc) is 2.67. The van der Waals surface area contributed by atoms with Gasteiger partial charge in [-0.15, -0.1) is 13.2 Å². The van der Waals surface area contributed by atoms with E-state index in [4.69, 9.17) is 18.9 Å². The quantitative estimate of drug-likeness (QED) is 0.0744. The van der Waals surface area contributed by atoms with E-state index in [1.165, 1.54) is 36.8 Å². The number of unbranched alkanes of at least 4 members (excludes halogenated alkanes) is 4. The summed E-state index contributed by atoms with van der Waals surface area (Å²) in [6, 6.07) is 0. The monoisotopic (exact) mass is 436 g/mol. The molecule has 0 spiro atoms. The van der Waals surface area contributed by atoms with Crippen molar-refractivity contribution >= 4 is 0 Å². The first-order valence-electron chi connectivity index (χ1n) is 11.7. The van der Waals surface area contributed by atoms with Crippen molar-refractivity contribution in [2.24, 2.45) is 5.41 Å². The molecule has 0 aromatic rings. The molecule has 0 aromatic heterocycles. The van der Waals surface area contributed by atoms with Crippen LogP contribution in [0.2, 0.25) is 0 Å². The summed E-state index contributed by atoms with van der Waals surface area (Å²) in [5.74, 6) is 1.33. The molecule has 0 radical (unpaired) electrons. The molecular weight excluding hydrogens is 388 g/mol. The predicted octanol–water partition coefficient (Wildman–Crippen LogP) is 8.07. The van der Waals surface area contributed by atoms with Crippen LogP contribution in [0.25, 0.3) is 0 Å². The highest BCUT2D eigenvalue weighted by atomic mass is 16.7. The molecule has 31 heavy (non-hydrogen) atoms. The van der Waals surface area contributed by atoms with E-state index in [2.05, 4.69) is 40.2 Å². The zero-order chi connectivity index (χ0) is 23.5. The van der Waals surface area contributed by atoms with Gasteiger partial charge in [0.25, 0.3) is 0 Å². The lowest BCUT2D eigenvalue weighted by atomic mass is 9.79. The van der Waals surface area contributed by atoms with E-state index in [1.54, 1.807) is 0 Å². The Labute approximate surface area is 192 Å². The molecule has 0 fully saturated rings. The Morgan fingerprint density at radius 1 is 0.581 bits per heavy atom. The van der Waals surface area contributed by atoms with Crippen LogP contribution in [-0.4, -0.2) is 26.8 Å². The highest BCUT2D eigenvalue weighted by Crippen LogP contribution is 2.33. The SMILES string of the molecule is C=C(C)CCCCCC(CCCCCC(=C)C)(COCOC(=C)C)COCOC(=C)C. The van der Waals surface area contributed by atoms with E-state index >= 15 is 0 Å². The van der Waals surface area contributed by atoms with Crippen LogP contribution < -0.4 is 0 Å². The summed E-state index contributed by atoms with van der Waals surface area (Å²) in [7, 11) is 0. The molecule has 0 rings (SSSR count). The topological polar surface area (TPSA) is 36.9 Å². The Morgan fingerprint density at radius 3 is 1.29 bits per heavy atom. The molecule has 0 unspecified atom stereocenters. The van der Waals surface area contributed by atoms with Crippen LogP contribution in [0.15, 0.2) is 49.0 Å². The Kier molecular flexibility index (Phi) is 17.2. The molecular formula is C27H48O4. The number of ether oxygens (including phenoxy) is 4. The molecule has 4 heteroatoms. The minimum atomic E-state index is -0.0523. The van der Waals surface area contributed by atoms with Crippen molar-refractivity contribution in [3.8, 4) is 0 Å². The van der Waals surface area contributed by atoms with E-state index < -0.39 is 0 Å². The summed E-state index contributed by atoms with van der Waals surface area (Å²) >= 11 is 0. The van der Waals surface area contributed by atoms with E-state index in [1.807, 2.05) is 13.8 Å². The fourth-order valence-corrected chi connectivity index (χ4v) is 3.46. The fourth-order valence-electron chi connectivity index (χ4n) is 3.46. The van der Waals surface area contributed by atoms with Gasteiger partial charge >= 0.3 is 0 Å². The second-order valence-corrected chi connectivity index (χ2v) is 9.16. The van der Waals surface area contributed by atoms with Crippen LogP contribution in [0.1, 0.15) is 91.9 Å². The van der Waals surface area contributed by atoms with E-state index in [0.717, 1.165) is 38.5 Å². The molecule has 0 bridgehead atoms. The summed E-state index contributed by atoms with van der Waals surface area (Å²) in [6.45, 7) is 25.1. The second kappa shape index (κ2) is 18.1. The number of allylic oxidation sites excluding steroid dienone is 4. The zero-order valence-electron chi connectivity index (χ0n) is 20.9. The molecule has 0 aliphatic carbocycles. The smallest absolute Gasteiger partial charge is 0.188 e. The average molecular weight is 437 g/mol. The van der Waals surface area contributed by atoms with Gasteiger partial charge in [-0.05, 0) is 66.2 Å². The normalized spacial score (nSPS) is 11.2. The van der Waals surface area contributed by atoms with Crippen LogP contribution in [0.4, 0.5) is 0 Å². The van der Waals surface area contributed by atoms with Crippen LogP contribution >= 0.6 is 0 Å². The van der Waals surface area contributed by atoms with Gasteiger partial charge in [0.15, 0.2) is 13.6 Å². The van der Waals surface area contributed by atoms with E-state index in [-0.39, 0.29) is 19.0 Å². The van der Waals surface area contributed by atoms with Crippen LogP contribution in [0.3, 0.4) is 0 Å². The largest absolute Gasteiger partial charge is 0.473 e. The van der Waals surface area contributed by atoms with Crippen molar-refractivity contribution in [1.29, 1.82) is 0 Å². The van der Waals surface area contributed by atoms with Gasteiger partial charge < -0.3 is 18.9 Å². The predicted molar refractivity (Wildman–Crippen MR) is 132 cm³/mol. The molecule has 180 valence electrons. The molecule has 0 saturated heterocycles. The van der Waals surface area contributed by atoms with Crippen molar-refractivity contribution < 1.29 is 18.9 Å². The minimum absolute atomic E-state index is 0.0523. The number of hydrogen-bond donors (Lipinski definition) is 0. The second-order valence-electron chi connectivity index (χ2n) is 9.16. The first-order valence-corrected chi connectivity index (χ1v) is 11.7. The van der Waals surface area contributed by atoms with Gasteiger partial charge in [-0.25, -0.2) is 0 Å². The maximum absolute atomic E-state index is 5.93. The third-order valence-corrected chi connectivity index (χ3v) is 5.22. The highest BCUT2D eigenvalue weighted by molar-refractivity contribution is 4.88. The first kappa shape index (κ1) is 29.5. The molecule has 0 saturated carbocycles. The van der Waals surface area contributed by atoms with E-state index in [9.17, 15) is 0 Å². The summed E-state index contributed by atoms with van der Waals surface area (Å²) in [4.78, 5) is 0. The molecule has 0 aromatic carbocycles. The third-order valence-electron chi connectivity index (χ3n) is 5.22. The molecule has 0 amide bonds. The third kappa shape index (κ3) is 18.9. The van der Waals surface area contributed by atoms with Gasteiger partial charge in [0.2, 0.25) is 0 Å². The first-order chi connectivity index (χ1) is 14.7. The Hall–Kier alpha value is -1.52. The van der Waals surface area contributed by atoms with Crippen LogP contribution in [0.5, 0.6) is 0 Å². The maximum Gasteiger partial charge on any atom is 0.188 e. The van der Waals surface area contributed by atoms with Crippen LogP contribution in [0, 0.1) is 5.41 Å². The lowest BCUT2D eigenvalue weighted by Gasteiger charge is -2.34. The Morgan fingerprint density at radius 2 is 0.968 bits per heavy atom. The summed E-state index contributed by atoms with van der Waals surface area (Å²) < 4.78 is 22.7. The molecule has 0 N–H and O–H groups in total. The summed E-state index contributed by atoms with van der Waals surface area (Å²) in [5.41, 5.74) is 2.46.